The second kappa shape index (κ2) is 5.93. The zero-order valence-electron chi connectivity index (χ0n) is 10.5. The van der Waals surface area contributed by atoms with Crippen molar-refractivity contribution in [2.45, 2.75) is 12.5 Å². The molecule has 2 atom stereocenters. The van der Waals surface area contributed by atoms with Crippen LogP contribution < -0.4 is 0 Å². The lowest BCUT2D eigenvalue weighted by molar-refractivity contribution is -0.134. The number of β-amino-alcohol motifs (C(OH)–C–C–N with tert-alkyl or cyclic N) is 1. The van der Waals surface area contributed by atoms with E-state index < -0.39 is 6.10 Å². The number of methoxy groups -OCH3 is 1. The summed E-state index contributed by atoms with van der Waals surface area (Å²) >= 11 is 0. The molecule has 98 valence electrons. The van der Waals surface area contributed by atoms with Gasteiger partial charge in [0.1, 0.15) is 6.61 Å². The summed E-state index contributed by atoms with van der Waals surface area (Å²) in [6.45, 7) is 1.07. The molecule has 1 aliphatic heterocycles. The van der Waals surface area contributed by atoms with Crippen LogP contribution >= 0.6 is 0 Å². The molecule has 0 saturated carbocycles. The number of aliphatic hydroxyl groups is 1. The van der Waals surface area contributed by atoms with Gasteiger partial charge in [-0.05, 0) is 24.1 Å². The van der Waals surface area contributed by atoms with Crippen molar-refractivity contribution < 1.29 is 14.6 Å². The molecule has 1 amide bonds. The average Bonchev–Trinajstić information content (AvgIpc) is 2.73. The van der Waals surface area contributed by atoms with Crippen molar-refractivity contribution in [1.82, 2.24) is 9.88 Å². The number of aromatic nitrogens is 1. The number of carbonyl (C=O) groups is 1. The van der Waals surface area contributed by atoms with Gasteiger partial charge in [0.05, 0.1) is 6.10 Å². The number of hydrogen-bond acceptors (Lipinski definition) is 4. The second-order valence-corrected chi connectivity index (χ2v) is 4.62. The highest BCUT2D eigenvalue weighted by atomic mass is 16.5. The number of rotatable bonds is 4. The minimum atomic E-state index is -0.459. The summed E-state index contributed by atoms with van der Waals surface area (Å²) < 4.78 is 4.82. The first-order valence-electron chi connectivity index (χ1n) is 6.04. The highest BCUT2D eigenvalue weighted by molar-refractivity contribution is 5.77. The van der Waals surface area contributed by atoms with Gasteiger partial charge in [-0.3, -0.25) is 9.78 Å². The maximum absolute atomic E-state index is 11.7. The minimum Gasteiger partial charge on any atom is -0.391 e. The molecule has 1 aromatic heterocycles. The highest BCUT2D eigenvalue weighted by Crippen LogP contribution is 2.21. The van der Waals surface area contributed by atoms with E-state index in [4.69, 9.17) is 4.74 Å². The van der Waals surface area contributed by atoms with E-state index >= 15 is 0 Å². The number of aliphatic hydroxyl groups excluding tert-OH is 1. The maximum Gasteiger partial charge on any atom is 0.248 e. The molecule has 2 heterocycles. The SMILES string of the molecule is COCC(=O)N1C[C@@H](Cc2ccncc2)[C@H](O)C1. The molecule has 0 aliphatic carbocycles. The van der Waals surface area contributed by atoms with Crippen LogP contribution in [0.5, 0.6) is 0 Å². The summed E-state index contributed by atoms with van der Waals surface area (Å²) in [5, 5.41) is 9.99. The van der Waals surface area contributed by atoms with Gasteiger partial charge < -0.3 is 14.7 Å². The third-order valence-corrected chi connectivity index (χ3v) is 3.27. The Bertz CT molecular complexity index is 396. The molecule has 0 bridgehead atoms. The van der Waals surface area contributed by atoms with E-state index in [9.17, 15) is 9.90 Å². The molecule has 0 radical (unpaired) electrons. The molecule has 1 saturated heterocycles. The summed E-state index contributed by atoms with van der Waals surface area (Å²) in [7, 11) is 1.50. The maximum atomic E-state index is 11.7. The molecule has 0 unspecified atom stereocenters. The fourth-order valence-electron chi connectivity index (χ4n) is 2.29. The molecule has 1 aromatic rings. The number of ether oxygens (including phenoxy) is 1. The summed E-state index contributed by atoms with van der Waals surface area (Å²) in [6, 6.07) is 3.87. The Morgan fingerprint density at radius 1 is 1.50 bits per heavy atom. The van der Waals surface area contributed by atoms with Crippen LogP contribution in [-0.2, 0) is 16.0 Å². The molecule has 5 nitrogen and oxygen atoms in total. The van der Waals surface area contributed by atoms with Crippen LogP contribution in [0.1, 0.15) is 5.56 Å². The predicted molar refractivity (Wildman–Crippen MR) is 65.9 cm³/mol. The van der Waals surface area contributed by atoms with Crippen LogP contribution in [0.3, 0.4) is 0 Å². The summed E-state index contributed by atoms with van der Waals surface area (Å²) in [5.74, 6) is 0.0296. The molecule has 5 heteroatoms. The third kappa shape index (κ3) is 3.05. The largest absolute Gasteiger partial charge is 0.391 e. The van der Waals surface area contributed by atoms with E-state index in [1.54, 1.807) is 17.3 Å². The highest BCUT2D eigenvalue weighted by Gasteiger charge is 2.33. The van der Waals surface area contributed by atoms with Crippen LogP contribution in [-0.4, -0.2) is 53.8 Å². The lowest BCUT2D eigenvalue weighted by Crippen LogP contribution is -2.32. The van der Waals surface area contributed by atoms with Gasteiger partial charge in [0.15, 0.2) is 0 Å². The fourth-order valence-corrected chi connectivity index (χ4v) is 2.29. The van der Waals surface area contributed by atoms with Crippen LogP contribution in [0.25, 0.3) is 0 Å². The van der Waals surface area contributed by atoms with Gasteiger partial charge in [0.25, 0.3) is 0 Å². The number of pyridine rings is 1. The molecular weight excluding hydrogens is 232 g/mol. The molecule has 0 aromatic carbocycles. The second-order valence-electron chi connectivity index (χ2n) is 4.62. The Labute approximate surface area is 106 Å². The quantitative estimate of drug-likeness (QED) is 0.822. The Hall–Kier alpha value is -1.46. The van der Waals surface area contributed by atoms with Crippen molar-refractivity contribution in [2.75, 3.05) is 26.8 Å². The van der Waals surface area contributed by atoms with Crippen LogP contribution in [0.15, 0.2) is 24.5 Å². The molecule has 1 N–H and O–H groups in total. The van der Waals surface area contributed by atoms with Crippen molar-refractivity contribution in [3.63, 3.8) is 0 Å². The van der Waals surface area contributed by atoms with Crippen LogP contribution in [0.2, 0.25) is 0 Å². The van der Waals surface area contributed by atoms with E-state index in [1.165, 1.54) is 7.11 Å². The van der Waals surface area contributed by atoms with Gasteiger partial charge >= 0.3 is 0 Å². The fraction of sp³-hybridized carbons (Fsp3) is 0.538. The van der Waals surface area contributed by atoms with E-state index in [1.807, 2.05) is 12.1 Å². The molecule has 0 spiro atoms. The Kier molecular flexibility index (Phi) is 4.28. The molecule has 1 aliphatic rings. The Balaban J connectivity index is 1.93. The number of nitrogens with zero attached hydrogens (tertiary/aromatic N) is 2. The first-order chi connectivity index (χ1) is 8.70. The first-order valence-corrected chi connectivity index (χ1v) is 6.04. The monoisotopic (exact) mass is 250 g/mol. The van der Waals surface area contributed by atoms with Crippen molar-refractivity contribution in [3.05, 3.63) is 30.1 Å². The van der Waals surface area contributed by atoms with Gasteiger partial charge in [-0.25, -0.2) is 0 Å². The smallest absolute Gasteiger partial charge is 0.248 e. The minimum absolute atomic E-state index is 0.0613. The topological polar surface area (TPSA) is 62.7 Å². The van der Waals surface area contributed by atoms with E-state index in [2.05, 4.69) is 4.98 Å². The Morgan fingerprint density at radius 3 is 2.89 bits per heavy atom. The van der Waals surface area contributed by atoms with Crippen molar-refractivity contribution >= 4 is 5.91 Å². The van der Waals surface area contributed by atoms with Gasteiger partial charge in [0.2, 0.25) is 5.91 Å². The lowest BCUT2D eigenvalue weighted by Gasteiger charge is -2.15. The van der Waals surface area contributed by atoms with Gasteiger partial charge in [-0.1, -0.05) is 0 Å². The third-order valence-electron chi connectivity index (χ3n) is 3.27. The first kappa shape index (κ1) is 13.0. The standard InChI is InChI=1S/C13H18N2O3/c1-18-9-13(17)15-7-11(12(16)8-15)6-10-2-4-14-5-3-10/h2-5,11-12,16H,6-9H2,1H3/t11-,12-/m1/s1. The summed E-state index contributed by atoms with van der Waals surface area (Å²) in [4.78, 5) is 17.3. The number of hydrogen-bond donors (Lipinski definition) is 1. The lowest BCUT2D eigenvalue weighted by atomic mass is 9.97. The van der Waals surface area contributed by atoms with E-state index in [-0.39, 0.29) is 18.4 Å². The zero-order valence-corrected chi connectivity index (χ0v) is 10.5. The van der Waals surface area contributed by atoms with Crippen molar-refractivity contribution in [1.29, 1.82) is 0 Å². The molecule has 2 rings (SSSR count). The number of carbonyl (C=O) groups excluding carboxylic acids is 1. The molecule has 18 heavy (non-hydrogen) atoms. The summed E-state index contributed by atoms with van der Waals surface area (Å²) in [6.07, 6.45) is 3.79. The number of likely N-dealkylation sites (tertiary alicyclic amines) is 1. The van der Waals surface area contributed by atoms with Crippen molar-refractivity contribution in [3.8, 4) is 0 Å². The van der Waals surface area contributed by atoms with Gasteiger partial charge in [0, 0.05) is 38.5 Å². The number of amides is 1. The van der Waals surface area contributed by atoms with E-state index in [0.29, 0.717) is 13.1 Å². The molecular formula is C13H18N2O3. The normalized spacial score (nSPS) is 23.3. The Morgan fingerprint density at radius 2 is 2.22 bits per heavy atom. The average molecular weight is 250 g/mol. The van der Waals surface area contributed by atoms with E-state index in [0.717, 1.165) is 12.0 Å². The van der Waals surface area contributed by atoms with Crippen LogP contribution in [0.4, 0.5) is 0 Å². The van der Waals surface area contributed by atoms with Gasteiger partial charge in [-0.2, -0.15) is 0 Å². The summed E-state index contributed by atoms with van der Waals surface area (Å²) in [5.41, 5.74) is 1.13. The zero-order chi connectivity index (χ0) is 13.0. The van der Waals surface area contributed by atoms with Crippen molar-refractivity contribution in [2.24, 2.45) is 5.92 Å². The predicted octanol–water partition coefficient (Wildman–Crippen LogP) is 0.0898. The van der Waals surface area contributed by atoms with Gasteiger partial charge in [-0.15, -0.1) is 0 Å². The molecule has 1 fully saturated rings. The van der Waals surface area contributed by atoms with Crippen LogP contribution in [0, 0.1) is 5.92 Å².